The maximum atomic E-state index is 5.83. The Labute approximate surface area is 90.8 Å². The summed E-state index contributed by atoms with van der Waals surface area (Å²) in [6.45, 7) is 6.44. The Kier molecular flexibility index (Phi) is 4.60. The largest absolute Gasteiger partial charge is 0.370 e. The number of guanidine groups is 1. The molecule has 0 aliphatic rings. The lowest BCUT2D eigenvalue weighted by molar-refractivity contribution is 0.458. The van der Waals surface area contributed by atoms with Crippen LogP contribution in [0.3, 0.4) is 0 Å². The van der Waals surface area contributed by atoms with Crippen LogP contribution in [-0.2, 0) is 6.54 Å². The average molecular weight is 206 g/mol. The van der Waals surface area contributed by atoms with Crippen molar-refractivity contribution < 1.29 is 0 Å². The fourth-order valence-corrected chi connectivity index (χ4v) is 1.30. The zero-order valence-corrected chi connectivity index (χ0v) is 9.35. The molecule has 0 spiro atoms. The van der Waals surface area contributed by atoms with Crippen LogP contribution in [0.25, 0.3) is 0 Å². The van der Waals surface area contributed by atoms with Gasteiger partial charge in [0.05, 0.1) is 12.2 Å². The average Bonchev–Trinajstić information content (AvgIpc) is 2.29. The maximum absolute atomic E-state index is 5.83. The number of nitrogens with zero attached hydrogens (tertiary/aromatic N) is 3. The third-order valence-electron chi connectivity index (χ3n) is 2.22. The van der Waals surface area contributed by atoms with Crippen LogP contribution in [0.2, 0.25) is 0 Å². The van der Waals surface area contributed by atoms with Crippen LogP contribution >= 0.6 is 0 Å². The number of nitrogens with two attached hydrogens (primary N) is 1. The summed E-state index contributed by atoms with van der Waals surface area (Å²) in [7, 11) is 0. The van der Waals surface area contributed by atoms with Crippen LogP contribution in [-0.4, -0.2) is 28.9 Å². The van der Waals surface area contributed by atoms with E-state index in [1.54, 1.807) is 6.20 Å². The molecule has 4 nitrogen and oxygen atoms in total. The van der Waals surface area contributed by atoms with Crippen LogP contribution in [0.5, 0.6) is 0 Å². The van der Waals surface area contributed by atoms with E-state index < -0.39 is 0 Å². The molecule has 0 aliphatic heterocycles. The first-order valence-electron chi connectivity index (χ1n) is 5.22. The first-order chi connectivity index (χ1) is 7.27. The van der Waals surface area contributed by atoms with E-state index in [1.165, 1.54) is 0 Å². The van der Waals surface area contributed by atoms with E-state index in [4.69, 9.17) is 5.73 Å². The number of rotatable bonds is 4. The predicted molar refractivity (Wildman–Crippen MR) is 62.5 cm³/mol. The van der Waals surface area contributed by atoms with Gasteiger partial charge in [-0.15, -0.1) is 0 Å². The third kappa shape index (κ3) is 3.58. The molecule has 1 heterocycles. The Hall–Kier alpha value is -1.58. The molecule has 15 heavy (non-hydrogen) atoms. The highest BCUT2D eigenvalue weighted by atomic mass is 15.2. The van der Waals surface area contributed by atoms with Crippen molar-refractivity contribution in [1.29, 1.82) is 0 Å². The van der Waals surface area contributed by atoms with Gasteiger partial charge in [-0.25, -0.2) is 4.99 Å². The first-order valence-corrected chi connectivity index (χ1v) is 5.22. The minimum Gasteiger partial charge on any atom is -0.370 e. The molecule has 4 heteroatoms. The summed E-state index contributed by atoms with van der Waals surface area (Å²) in [6, 6.07) is 5.78. The summed E-state index contributed by atoms with van der Waals surface area (Å²) in [4.78, 5) is 10.5. The fraction of sp³-hybridized carbons (Fsp3) is 0.455. The van der Waals surface area contributed by atoms with Gasteiger partial charge in [0, 0.05) is 19.3 Å². The molecule has 0 atom stereocenters. The zero-order chi connectivity index (χ0) is 11.1. The zero-order valence-electron chi connectivity index (χ0n) is 9.35. The van der Waals surface area contributed by atoms with Gasteiger partial charge in [0.25, 0.3) is 0 Å². The molecule has 0 unspecified atom stereocenters. The van der Waals surface area contributed by atoms with E-state index >= 15 is 0 Å². The maximum Gasteiger partial charge on any atom is 0.191 e. The highest BCUT2D eigenvalue weighted by Gasteiger charge is 2.01. The molecule has 0 aliphatic carbocycles. The summed E-state index contributed by atoms with van der Waals surface area (Å²) in [5, 5.41) is 0. The van der Waals surface area contributed by atoms with Crippen molar-refractivity contribution in [3.8, 4) is 0 Å². The normalized spacial score (nSPS) is 11.5. The molecule has 0 bridgehead atoms. The highest BCUT2D eigenvalue weighted by Crippen LogP contribution is 1.96. The van der Waals surface area contributed by atoms with Crippen LogP contribution < -0.4 is 5.73 Å². The third-order valence-corrected chi connectivity index (χ3v) is 2.22. The number of pyridine rings is 1. The second-order valence-corrected chi connectivity index (χ2v) is 3.17. The first kappa shape index (κ1) is 11.5. The topological polar surface area (TPSA) is 54.5 Å². The van der Waals surface area contributed by atoms with Gasteiger partial charge in [-0.3, -0.25) is 4.98 Å². The van der Waals surface area contributed by atoms with Crippen molar-refractivity contribution in [3.63, 3.8) is 0 Å². The lowest BCUT2D eigenvalue weighted by atomic mass is 10.3. The Morgan fingerprint density at radius 2 is 2.13 bits per heavy atom. The van der Waals surface area contributed by atoms with Gasteiger partial charge in [-0.1, -0.05) is 6.07 Å². The van der Waals surface area contributed by atoms with Crippen molar-refractivity contribution in [2.24, 2.45) is 10.7 Å². The lowest BCUT2D eigenvalue weighted by Gasteiger charge is -2.19. The molecule has 0 saturated heterocycles. The minimum atomic E-state index is 0.545. The number of aromatic nitrogens is 1. The standard InChI is InChI=1S/C11H18N4/c1-3-15(4-2)11(12)14-9-10-7-5-6-8-13-10/h5-8H,3-4,9H2,1-2H3,(H2,12,14). The summed E-state index contributed by atoms with van der Waals surface area (Å²) in [5.74, 6) is 0.589. The van der Waals surface area contributed by atoms with Crippen LogP contribution in [0, 0.1) is 0 Å². The van der Waals surface area contributed by atoms with Crippen molar-refractivity contribution in [3.05, 3.63) is 30.1 Å². The van der Waals surface area contributed by atoms with Gasteiger partial charge in [0.15, 0.2) is 5.96 Å². The molecule has 0 fully saturated rings. The summed E-state index contributed by atoms with van der Waals surface area (Å²) >= 11 is 0. The molecule has 1 rings (SSSR count). The molecular formula is C11H18N4. The molecule has 0 saturated carbocycles. The second kappa shape index (κ2) is 6.01. The van der Waals surface area contributed by atoms with E-state index in [0.717, 1.165) is 18.8 Å². The minimum absolute atomic E-state index is 0.545. The molecule has 0 amide bonds. The summed E-state index contributed by atoms with van der Waals surface area (Å²) in [5.41, 5.74) is 6.77. The second-order valence-electron chi connectivity index (χ2n) is 3.17. The SMILES string of the molecule is CCN(CC)C(N)=NCc1ccccn1. The fourth-order valence-electron chi connectivity index (χ4n) is 1.30. The molecule has 0 radical (unpaired) electrons. The smallest absolute Gasteiger partial charge is 0.191 e. The number of hydrogen-bond donors (Lipinski definition) is 1. The van der Waals surface area contributed by atoms with Crippen molar-refractivity contribution in [2.45, 2.75) is 20.4 Å². The van der Waals surface area contributed by atoms with Gasteiger partial charge >= 0.3 is 0 Å². The van der Waals surface area contributed by atoms with Gasteiger partial charge < -0.3 is 10.6 Å². The van der Waals surface area contributed by atoms with Crippen LogP contribution in [0.4, 0.5) is 0 Å². The lowest BCUT2D eigenvalue weighted by Crippen LogP contribution is -2.37. The molecule has 1 aromatic rings. The van der Waals surface area contributed by atoms with Crippen LogP contribution in [0.15, 0.2) is 29.4 Å². The highest BCUT2D eigenvalue weighted by molar-refractivity contribution is 5.77. The van der Waals surface area contributed by atoms with Crippen molar-refractivity contribution in [2.75, 3.05) is 13.1 Å². The van der Waals surface area contributed by atoms with Crippen molar-refractivity contribution >= 4 is 5.96 Å². The van der Waals surface area contributed by atoms with E-state index in [9.17, 15) is 0 Å². The molecule has 1 aromatic heterocycles. The summed E-state index contributed by atoms with van der Waals surface area (Å²) in [6.07, 6.45) is 1.76. The molecule has 0 aromatic carbocycles. The molecular weight excluding hydrogens is 188 g/mol. The van der Waals surface area contributed by atoms with Crippen LogP contribution in [0.1, 0.15) is 19.5 Å². The van der Waals surface area contributed by atoms with E-state index in [0.29, 0.717) is 12.5 Å². The predicted octanol–water partition coefficient (Wildman–Crippen LogP) is 1.24. The Balaban J connectivity index is 2.57. The Bertz CT molecular complexity index is 304. The monoisotopic (exact) mass is 206 g/mol. The van der Waals surface area contributed by atoms with Gasteiger partial charge in [-0.2, -0.15) is 0 Å². The number of hydrogen-bond acceptors (Lipinski definition) is 2. The molecule has 82 valence electrons. The van der Waals surface area contributed by atoms with Gasteiger partial charge in [0.1, 0.15) is 0 Å². The number of aliphatic imine (C=N–C) groups is 1. The quantitative estimate of drug-likeness (QED) is 0.595. The van der Waals surface area contributed by atoms with E-state index in [1.807, 2.05) is 23.1 Å². The van der Waals surface area contributed by atoms with Gasteiger partial charge in [0.2, 0.25) is 0 Å². The Morgan fingerprint density at radius 3 is 2.67 bits per heavy atom. The molecule has 2 N–H and O–H groups in total. The van der Waals surface area contributed by atoms with E-state index in [-0.39, 0.29) is 0 Å². The summed E-state index contributed by atoms with van der Waals surface area (Å²) < 4.78 is 0. The van der Waals surface area contributed by atoms with Gasteiger partial charge in [-0.05, 0) is 26.0 Å². The van der Waals surface area contributed by atoms with E-state index in [2.05, 4.69) is 23.8 Å². The Morgan fingerprint density at radius 1 is 1.40 bits per heavy atom. The van der Waals surface area contributed by atoms with Crippen molar-refractivity contribution in [1.82, 2.24) is 9.88 Å².